The van der Waals surface area contributed by atoms with Gasteiger partial charge in [0.15, 0.2) is 0 Å². The Hall–Kier alpha value is -0.120. The van der Waals surface area contributed by atoms with Crippen molar-refractivity contribution in [3.8, 4) is 0 Å². The van der Waals surface area contributed by atoms with Gasteiger partial charge in [-0.2, -0.15) is 0 Å². The molecule has 0 aromatic rings. The molecule has 0 aromatic heterocycles. The van der Waals surface area contributed by atoms with Gasteiger partial charge in [-0.3, -0.25) is 0 Å². The van der Waals surface area contributed by atoms with Crippen molar-refractivity contribution in [3.63, 3.8) is 0 Å². The maximum Gasteiger partial charge on any atom is 0.0590 e. The Morgan fingerprint density at radius 1 is 1.36 bits per heavy atom. The van der Waals surface area contributed by atoms with Crippen LogP contribution in [0.25, 0.3) is 0 Å². The summed E-state index contributed by atoms with van der Waals surface area (Å²) in [6, 6.07) is 0.288. The molecule has 82 valence electrons. The highest BCUT2D eigenvalue weighted by Crippen LogP contribution is 2.44. The summed E-state index contributed by atoms with van der Waals surface area (Å²) in [6.45, 7) is 5.60. The van der Waals surface area contributed by atoms with Gasteiger partial charge in [0, 0.05) is 6.04 Å². The zero-order valence-electron chi connectivity index (χ0n) is 9.12. The van der Waals surface area contributed by atoms with Gasteiger partial charge in [-0.15, -0.1) is 0 Å². The highest BCUT2D eigenvalue weighted by Gasteiger charge is 2.46. The van der Waals surface area contributed by atoms with Crippen molar-refractivity contribution < 1.29 is 9.84 Å². The van der Waals surface area contributed by atoms with Gasteiger partial charge in [0.2, 0.25) is 0 Å². The molecule has 3 nitrogen and oxygen atoms in total. The Balaban J connectivity index is 2.12. The van der Waals surface area contributed by atoms with Gasteiger partial charge in [0.05, 0.1) is 18.8 Å². The third kappa shape index (κ3) is 1.69. The molecule has 2 N–H and O–H groups in total. The number of aliphatic hydroxyl groups excluding tert-OH is 1. The monoisotopic (exact) mass is 199 g/mol. The first-order valence-corrected chi connectivity index (χ1v) is 5.66. The number of hydrogen-bond acceptors (Lipinski definition) is 3. The van der Waals surface area contributed by atoms with Crippen LogP contribution in [0.3, 0.4) is 0 Å². The quantitative estimate of drug-likeness (QED) is 0.659. The molecule has 2 fully saturated rings. The smallest absolute Gasteiger partial charge is 0.0590 e. The average molecular weight is 199 g/mol. The Morgan fingerprint density at radius 3 is 2.57 bits per heavy atom. The number of hydrogen-bond donors (Lipinski definition) is 2. The third-order valence-electron chi connectivity index (χ3n) is 3.79. The van der Waals surface area contributed by atoms with Crippen LogP contribution in [0.2, 0.25) is 0 Å². The van der Waals surface area contributed by atoms with E-state index >= 15 is 0 Å². The molecule has 1 spiro atoms. The van der Waals surface area contributed by atoms with E-state index in [4.69, 9.17) is 4.74 Å². The molecule has 2 heterocycles. The lowest BCUT2D eigenvalue weighted by molar-refractivity contribution is -0.0944. The van der Waals surface area contributed by atoms with Crippen molar-refractivity contribution >= 4 is 0 Å². The summed E-state index contributed by atoms with van der Waals surface area (Å²) in [4.78, 5) is 0. The SMILES string of the molecule is CC1CC2(CCNC2CO)CC(C)O1. The molecule has 2 saturated heterocycles. The van der Waals surface area contributed by atoms with Crippen molar-refractivity contribution in [2.45, 2.75) is 51.4 Å². The van der Waals surface area contributed by atoms with E-state index < -0.39 is 0 Å². The second-order valence-electron chi connectivity index (χ2n) is 4.97. The molecule has 0 saturated carbocycles. The molecule has 3 atom stereocenters. The van der Waals surface area contributed by atoms with Crippen LogP contribution in [0.5, 0.6) is 0 Å². The highest BCUT2D eigenvalue weighted by molar-refractivity contribution is 5.00. The fraction of sp³-hybridized carbons (Fsp3) is 1.00. The fourth-order valence-electron chi connectivity index (χ4n) is 3.35. The van der Waals surface area contributed by atoms with Crippen LogP contribution in [0, 0.1) is 5.41 Å². The van der Waals surface area contributed by atoms with Crippen LogP contribution in [-0.2, 0) is 4.74 Å². The van der Waals surface area contributed by atoms with Crippen LogP contribution in [0.1, 0.15) is 33.1 Å². The average Bonchev–Trinajstić information content (AvgIpc) is 2.45. The summed E-state index contributed by atoms with van der Waals surface area (Å²) in [5, 5.41) is 12.8. The first kappa shape index (κ1) is 10.4. The first-order chi connectivity index (χ1) is 6.66. The van der Waals surface area contributed by atoms with Crippen LogP contribution in [-0.4, -0.2) is 36.5 Å². The molecule has 0 bridgehead atoms. The van der Waals surface area contributed by atoms with Crippen molar-refractivity contribution in [2.75, 3.05) is 13.2 Å². The Labute approximate surface area is 85.8 Å². The normalized spacial score (nSPS) is 48.6. The molecule has 3 unspecified atom stereocenters. The minimum atomic E-state index is 0.263. The van der Waals surface area contributed by atoms with Gasteiger partial charge in [0.25, 0.3) is 0 Å². The van der Waals surface area contributed by atoms with Crippen molar-refractivity contribution in [1.82, 2.24) is 5.32 Å². The summed E-state index contributed by atoms with van der Waals surface area (Å²) in [5.74, 6) is 0. The minimum Gasteiger partial charge on any atom is -0.395 e. The van der Waals surface area contributed by atoms with Crippen LogP contribution in [0.4, 0.5) is 0 Å². The molecule has 2 aliphatic rings. The second-order valence-corrected chi connectivity index (χ2v) is 4.97. The number of ether oxygens (including phenoxy) is 1. The van der Waals surface area contributed by atoms with E-state index in [1.807, 2.05) is 0 Å². The largest absolute Gasteiger partial charge is 0.395 e. The Kier molecular flexibility index (Phi) is 2.82. The van der Waals surface area contributed by atoms with Gasteiger partial charge in [-0.1, -0.05) is 0 Å². The molecule has 0 amide bonds. The lowest BCUT2D eigenvalue weighted by Crippen LogP contribution is -2.47. The summed E-state index contributed by atoms with van der Waals surface area (Å²) < 4.78 is 5.76. The van der Waals surface area contributed by atoms with E-state index in [0.717, 1.165) is 19.4 Å². The Morgan fingerprint density at radius 2 is 2.00 bits per heavy atom. The predicted molar refractivity (Wildman–Crippen MR) is 55.2 cm³/mol. The predicted octanol–water partition coefficient (Wildman–Crippen LogP) is 0.914. The van der Waals surface area contributed by atoms with Crippen molar-refractivity contribution in [3.05, 3.63) is 0 Å². The standard InChI is InChI=1S/C11H21NO2/c1-8-5-11(6-9(2)14-8)3-4-12-10(11)7-13/h8-10,12-13H,3-7H2,1-2H3. The van der Waals surface area contributed by atoms with Gasteiger partial charge in [0.1, 0.15) is 0 Å². The van der Waals surface area contributed by atoms with E-state index in [2.05, 4.69) is 19.2 Å². The van der Waals surface area contributed by atoms with Gasteiger partial charge >= 0.3 is 0 Å². The lowest BCUT2D eigenvalue weighted by atomic mass is 9.70. The minimum absolute atomic E-state index is 0.263. The highest BCUT2D eigenvalue weighted by atomic mass is 16.5. The fourth-order valence-corrected chi connectivity index (χ4v) is 3.35. The lowest BCUT2D eigenvalue weighted by Gasteiger charge is -2.43. The van der Waals surface area contributed by atoms with Crippen molar-refractivity contribution in [1.29, 1.82) is 0 Å². The molecular weight excluding hydrogens is 178 g/mol. The molecule has 0 radical (unpaired) electrons. The Bertz CT molecular complexity index is 197. The molecule has 3 heteroatoms. The van der Waals surface area contributed by atoms with E-state index in [1.54, 1.807) is 0 Å². The van der Waals surface area contributed by atoms with E-state index in [9.17, 15) is 5.11 Å². The van der Waals surface area contributed by atoms with Crippen LogP contribution < -0.4 is 5.32 Å². The summed E-state index contributed by atoms with van der Waals surface area (Å²) in [6.07, 6.45) is 4.06. The summed E-state index contributed by atoms with van der Waals surface area (Å²) >= 11 is 0. The summed E-state index contributed by atoms with van der Waals surface area (Å²) in [5.41, 5.74) is 0.297. The third-order valence-corrected chi connectivity index (χ3v) is 3.79. The number of aliphatic hydroxyl groups is 1. The van der Waals surface area contributed by atoms with Crippen LogP contribution in [0.15, 0.2) is 0 Å². The molecular formula is C11H21NO2. The van der Waals surface area contributed by atoms with Gasteiger partial charge in [-0.25, -0.2) is 0 Å². The number of rotatable bonds is 1. The molecule has 0 aromatic carbocycles. The zero-order chi connectivity index (χ0) is 10.2. The molecule has 2 rings (SSSR count). The maximum absolute atomic E-state index is 9.35. The maximum atomic E-state index is 9.35. The summed E-state index contributed by atoms with van der Waals surface area (Å²) in [7, 11) is 0. The molecule has 14 heavy (non-hydrogen) atoms. The molecule has 0 aliphatic carbocycles. The first-order valence-electron chi connectivity index (χ1n) is 5.66. The van der Waals surface area contributed by atoms with Crippen LogP contribution >= 0.6 is 0 Å². The van der Waals surface area contributed by atoms with Gasteiger partial charge in [-0.05, 0) is 45.1 Å². The van der Waals surface area contributed by atoms with E-state index in [1.165, 1.54) is 6.42 Å². The van der Waals surface area contributed by atoms with E-state index in [-0.39, 0.29) is 12.6 Å². The topological polar surface area (TPSA) is 41.5 Å². The van der Waals surface area contributed by atoms with Crippen molar-refractivity contribution in [2.24, 2.45) is 5.41 Å². The van der Waals surface area contributed by atoms with Gasteiger partial charge < -0.3 is 15.2 Å². The number of nitrogens with one attached hydrogen (secondary N) is 1. The molecule has 2 aliphatic heterocycles. The zero-order valence-corrected chi connectivity index (χ0v) is 9.12. The second kappa shape index (κ2) is 3.80. The van der Waals surface area contributed by atoms with E-state index in [0.29, 0.717) is 17.6 Å².